The monoisotopic (exact) mass is 331 g/mol. The van der Waals surface area contributed by atoms with Crippen molar-refractivity contribution in [3.05, 3.63) is 59.9 Å². The van der Waals surface area contributed by atoms with Gasteiger partial charge in [0.2, 0.25) is 0 Å². The van der Waals surface area contributed by atoms with Crippen molar-refractivity contribution in [3.8, 4) is 11.5 Å². The molecule has 0 heterocycles. The number of carbonyl (C=O) groups is 1. The van der Waals surface area contributed by atoms with E-state index in [1.54, 1.807) is 6.92 Å². The number of nitrogens with one attached hydrogen (secondary N) is 1. The smallest absolute Gasteiger partial charge is 0.261 e. The van der Waals surface area contributed by atoms with Gasteiger partial charge >= 0.3 is 0 Å². The molecular formula is C19H22FNO3. The van der Waals surface area contributed by atoms with E-state index in [0.717, 1.165) is 11.3 Å². The fraction of sp³-hybridized carbons (Fsp3) is 0.316. The number of rotatable bonds is 7. The normalized spacial score (nSPS) is 11.9. The van der Waals surface area contributed by atoms with Gasteiger partial charge in [0.25, 0.3) is 5.91 Å². The first-order valence-corrected chi connectivity index (χ1v) is 7.89. The van der Waals surface area contributed by atoms with Gasteiger partial charge in [-0.25, -0.2) is 4.39 Å². The molecular weight excluding hydrogens is 309 g/mol. The summed E-state index contributed by atoms with van der Waals surface area (Å²) in [7, 11) is 0. The maximum Gasteiger partial charge on any atom is 0.261 e. The van der Waals surface area contributed by atoms with Crippen LogP contribution in [0, 0.1) is 5.82 Å². The van der Waals surface area contributed by atoms with Crippen LogP contribution in [0.5, 0.6) is 11.5 Å². The topological polar surface area (TPSA) is 47.6 Å². The van der Waals surface area contributed by atoms with Gasteiger partial charge < -0.3 is 14.8 Å². The van der Waals surface area contributed by atoms with E-state index < -0.39 is 6.10 Å². The van der Waals surface area contributed by atoms with E-state index in [0.29, 0.717) is 12.3 Å². The molecule has 0 saturated carbocycles. The molecule has 0 aliphatic heterocycles. The van der Waals surface area contributed by atoms with E-state index >= 15 is 0 Å². The zero-order valence-corrected chi connectivity index (χ0v) is 14.1. The van der Waals surface area contributed by atoms with E-state index in [-0.39, 0.29) is 17.8 Å². The highest BCUT2D eigenvalue weighted by molar-refractivity contribution is 5.80. The Morgan fingerprint density at radius 1 is 0.958 bits per heavy atom. The molecule has 0 unspecified atom stereocenters. The molecule has 4 nitrogen and oxygen atoms in total. The molecule has 2 rings (SSSR count). The third-order valence-electron chi connectivity index (χ3n) is 3.26. The minimum atomic E-state index is -0.668. The first-order chi connectivity index (χ1) is 11.4. The molecule has 0 aliphatic rings. The van der Waals surface area contributed by atoms with Gasteiger partial charge in [-0.15, -0.1) is 0 Å². The van der Waals surface area contributed by atoms with Gasteiger partial charge in [0.05, 0.1) is 6.10 Å². The van der Waals surface area contributed by atoms with Gasteiger partial charge in [-0.3, -0.25) is 4.79 Å². The Balaban J connectivity index is 1.82. The molecule has 128 valence electrons. The van der Waals surface area contributed by atoms with E-state index in [2.05, 4.69) is 5.32 Å². The number of hydrogen-bond acceptors (Lipinski definition) is 3. The second kappa shape index (κ2) is 8.34. The lowest BCUT2D eigenvalue weighted by Crippen LogP contribution is -2.35. The zero-order chi connectivity index (χ0) is 17.5. The Bertz CT molecular complexity index is 653. The fourth-order valence-corrected chi connectivity index (χ4v) is 2.06. The summed E-state index contributed by atoms with van der Waals surface area (Å²) in [5.41, 5.74) is 0.966. The highest BCUT2D eigenvalue weighted by Crippen LogP contribution is 2.15. The molecule has 0 saturated heterocycles. The lowest BCUT2D eigenvalue weighted by molar-refractivity contribution is -0.127. The maximum atomic E-state index is 12.8. The van der Waals surface area contributed by atoms with Crippen molar-refractivity contribution in [1.29, 1.82) is 0 Å². The quantitative estimate of drug-likeness (QED) is 0.841. The number of carbonyl (C=O) groups excluding carboxylic acids is 1. The second-order valence-corrected chi connectivity index (χ2v) is 5.74. The Morgan fingerprint density at radius 3 is 2.08 bits per heavy atom. The van der Waals surface area contributed by atoms with E-state index in [4.69, 9.17) is 9.47 Å². The molecule has 0 aliphatic carbocycles. The van der Waals surface area contributed by atoms with E-state index in [1.165, 1.54) is 24.3 Å². The van der Waals surface area contributed by atoms with Gasteiger partial charge in [0, 0.05) is 6.54 Å². The summed E-state index contributed by atoms with van der Waals surface area (Å²) >= 11 is 0. The standard InChI is InChI=1S/C19H22FNO3/c1-13(2)23-17-8-4-15(5-9-17)12-21-19(22)14(3)24-18-10-6-16(20)7-11-18/h4-11,13-14H,12H2,1-3H3,(H,21,22)/t14-/m1/s1. The van der Waals surface area contributed by atoms with Crippen molar-refractivity contribution in [2.75, 3.05) is 0 Å². The fourth-order valence-electron chi connectivity index (χ4n) is 2.06. The highest BCUT2D eigenvalue weighted by Gasteiger charge is 2.14. The first-order valence-electron chi connectivity index (χ1n) is 7.89. The van der Waals surface area contributed by atoms with Crippen LogP contribution < -0.4 is 14.8 Å². The predicted molar refractivity (Wildman–Crippen MR) is 90.5 cm³/mol. The summed E-state index contributed by atoms with van der Waals surface area (Å²) in [5.74, 6) is 0.675. The molecule has 24 heavy (non-hydrogen) atoms. The molecule has 2 aromatic carbocycles. The van der Waals surface area contributed by atoms with E-state index in [1.807, 2.05) is 38.1 Å². The zero-order valence-electron chi connectivity index (χ0n) is 14.1. The lowest BCUT2D eigenvalue weighted by atomic mass is 10.2. The molecule has 0 bridgehead atoms. The van der Waals surface area contributed by atoms with Crippen molar-refractivity contribution < 1.29 is 18.7 Å². The summed E-state index contributed by atoms with van der Waals surface area (Å²) in [6.45, 7) is 5.99. The van der Waals surface area contributed by atoms with Gasteiger partial charge in [0.15, 0.2) is 6.10 Å². The number of ether oxygens (including phenoxy) is 2. The van der Waals surface area contributed by atoms with Gasteiger partial charge in [-0.2, -0.15) is 0 Å². The van der Waals surface area contributed by atoms with E-state index in [9.17, 15) is 9.18 Å². The summed E-state index contributed by atoms with van der Waals surface area (Å²) in [4.78, 5) is 12.1. The van der Waals surface area contributed by atoms with Crippen LogP contribution in [0.3, 0.4) is 0 Å². The maximum absolute atomic E-state index is 12.8. The second-order valence-electron chi connectivity index (χ2n) is 5.74. The molecule has 0 fully saturated rings. The van der Waals surface area contributed by atoms with Crippen LogP contribution in [0.4, 0.5) is 4.39 Å². The Kier molecular flexibility index (Phi) is 6.18. The van der Waals surface area contributed by atoms with Crippen LogP contribution in [-0.2, 0) is 11.3 Å². The number of halogens is 1. The van der Waals surface area contributed by atoms with Gasteiger partial charge in [-0.1, -0.05) is 12.1 Å². The molecule has 1 amide bonds. The van der Waals surface area contributed by atoms with Crippen LogP contribution in [-0.4, -0.2) is 18.1 Å². The van der Waals surface area contributed by atoms with Crippen molar-refractivity contribution in [2.24, 2.45) is 0 Å². The molecule has 5 heteroatoms. The van der Waals surface area contributed by atoms with Gasteiger partial charge in [0.1, 0.15) is 17.3 Å². The SMILES string of the molecule is CC(C)Oc1ccc(CNC(=O)[C@@H](C)Oc2ccc(F)cc2)cc1. The molecule has 2 aromatic rings. The van der Waals surface area contributed by atoms with Crippen LogP contribution in [0.15, 0.2) is 48.5 Å². The molecule has 1 N–H and O–H groups in total. The average molecular weight is 331 g/mol. The minimum absolute atomic E-state index is 0.125. The predicted octanol–water partition coefficient (Wildman–Crippen LogP) is 3.70. The lowest BCUT2D eigenvalue weighted by Gasteiger charge is -2.15. The van der Waals surface area contributed by atoms with Crippen molar-refractivity contribution in [1.82, 2.24) is 5.32 Å². The molecule has 0 spiro atoms. The average Bonchev–Trinajstić information content (AvgIpc) is 2.55. The minimum Gasteiger partial charge on any atom is -0.491 e. The summed E-state index contributed by atoms with van der Waals surface area (Å²) in [6, 6.07) is 13.1. The summed E-state index contributed by atoms with van der Waals surface area (Å²) < 4.78 is 23.9. The largest absolute Gasteiger partial charge is 0.491 e. The number of hydrogen-bond donors (Lipinski definition) is 1. The number of benzene rings is 2. The number of amides is 1. The van der Waals surface area contributed by atoms with Crippen LogP contribution in [0.1, 0.15) is 26.3 Å². The third kappa shape index (κ3) is 5.57. The van der Waals surface area contributed by atoms with Crippen LogP contribution >= 0.6 is 0 Å². The molecule has 0 aromatic heterocycles. The van der Waals surface area contributed by atoms with Gasteiger partial charge in [-0.05, 0) is 62.7 Å². The van der Waals surface area contributed by atoms with Crippen molar-refractivity contribution >= 4 is 5.91 Å². The molecule has 1 atom stereocenters. The highest BCUT2D eigenvalue weighted by atomic mass is 19.1. The van der Waals surface area contributed by atoms with Crippen LogP contribution in [0.25, 0.3) is 0 Å². The Morgan fingerprint density at radius 2 is 1.50 bits per heavy atom. The van der Waals surface area contributed by atoms with Crippen molar-refractivity contribution in [3.63, 3.8) is 0 Å². The van der Waals surface area contributed by atoms with Crippen LogP contribution in [0.2, 0.25) is 0 Å². The Hall–Kier alpha value is -2.56. The first kappa shape index (κ1) is 17.8. The summed E-state index contributed by atoms with van der Waals surface area (Å²) in [6.07, 6.45) is -0.543. The Labute approximate surface area is 141 Å². The summed E-state index contributed by atoms with van der Waals surface area (Å²) in [5, 5.41) is 2.81. The third-order valence-corrected chi connectivity index (χ3v) is 3.26. The molecule has 0 radical (unpaired) electrons. The van der Waals surface area contributed by atoms with Crippen molar-refractivity contribution in [2.45, 2.75) is 39.5 Å².